The Labute approximate surface area is 168 Å². The third kappa shape index (κ3) is 4.44. The summed E-state index contributed by atoms with van der Waals surface area (Å²) < 4.78 is 32.4. The summed E-state index contributed by atoms with van der Waals surface area (Å²) in [4.78, 5) is 13.9. The highest BCUT2D eigenvalue weighted by Crippen LogP contribution is 2.21. The lowest BCUT2D eigenvalue weighted by atomic mass is 10.2. The fourth-order valence-corrected chi connectivity index (χ4v) is 4.64. The van der Waals surface area contributed by atoms with E-state index in [4.69, 9.17) is 21.6 Å². The van der Waals surface area contributed by atoms with Crippen molar-refractivity contribution in [2.75, 3.05) is 32.8 Å². The van der Waals surface area contributed by atoms with Gasteiger partial charge in [0, 0.05) is 31.2 Å². The molecule has 2 aromatic rings. The second kappa shape index (κ2) is 8.61. The Kier molecular flexibility index (Phi) is 6.19. The second-order valence-electron chi connectivity index (χ2n) is 6.14. The average Bonchev–Trinajstić information content (AvgIpc) is 2.72. The van der Waals surface area contributed by atoms with E-state index in [2.05, 4.69) is 0 Å². The number of ether oxygens (including phenoxy) is 1. The fourth-order valence-electron chi connectivity index (χ4n) is 2.89. The predicted molar refractivity (Wildman–Crippen MR) is 103 cm³/mol. The Morgan fingerprint density at radius 3 is 2.50 bits per heavy atom. The summed E-state index contributed by atoms with van der Waals surface area (Å²) in [6.45, 7) is 0.678. The number of sulfonamides is 1. The number of hydrogen-bond acceptors (Lipinski definition) is 5. The molecule has 7 nitrogen and oxygen atoms in total. The number of carbonyl (C=O) groups excluding carboxylic acids is 1. The van der Waals surface area contributed by atoms with Crippen LogP contribution in [0.3, 0.4) is 0 Å². The van der Waals surface area contributed by atoms with Crippen LogP contribution in [-0.4, -0.2) is 56.3 Å². The van der Waals surface area contributed by atoms with Gasteiger partial charge in [-0.15, -0.1) is 0 Å². The molecule has 1 heterocycles. The molecule has 1 aliphatic heterocycles. The van der Waals surface area contributed by atoms with Crippen LogP contribution in [0.25, 0.3) is 0 Å². The molecule has 0 unspecified atom stereocenters. The topological polar surface area (TPSA) is 90.7 Å². The van der Waals surface area contributed by atoms with Crippen molar-refractivity contribution in [3.05, 3.63) is 59.1 Å². The minimum atomic E-state index is -3.79. The summed E-state index contributed by atoms with van der Waals surface area (Å²) in [5.41, 5.74) is 0.107. The molecule has 0 aliphatic carbocycles. The maximum Gasteiger partial charge on any atom is 0.260 e. The van der Waals surface area contributed by atoms with Crippen molar-refractivity contribution in [3.63, 3.8) is 0 Å². The highest BCUT2D eigenvalue weighted by atomic mass is 35.5. The van der Waals surface area contributed by atoms with Crippen molar-refractivity contribution >= 4 is 27.5 Å². The first-order valence-electron chi connectivity index (χ1n) is 8.57. The molecule has 146 valence electrons. The maximum atomic E-state index is 12.8. The normalized spacial score (nSPS) is 15.1. The predicted octanol–water partition coefficient (Wildman–Crippen LogP) is 2.12. The van der Waals surface area contributed by atoms with Gasteiger partial charge in [0.1, 0.15) is 11.8 Å². The first-order chi connectivity index (χ1) is 13.4. The van der Waals surface area contributed by atoms with E-state index in [1.807, 2.05) is 6.07 Å². The quantitative estimate of drug-likeness (QED) is 0.740. The van der Waals surface area contributed by atoms with Gasteiger partial charge < -0.3 is 9.64 Å². The molecule has 0 N–H and O–H groups in total. The Morgan fingerprint density at radius 1 is 1.11 bits per heavy atom. The van der Waals surface area contributed by atoms with Gasteiger partial charge >= 0.3 is 0 Å². The van der Waals surface area contributed by atoms with Crippen LogP contribution < -0.4 is 4.74 Å². The molecular formula is C19H18ClN3O4S. The summed E-state index contributed by atoms with van der Waals surface area (Å²) in [6.07, 6.45) is 0. The first kappa shape index (κ1) is 20.1. The third-order valence-corrected chi connectivity index (χ3v) is 6.57. The number of benzene rings is 2. The van der Waals surface area contributed by atoms with Gasteiger partial charge in [-0.05, 0) is 30.3 Å². The van der Waals surface area contributed by atoms with Crippen LogP contribution in [0, 0.1) is 11.3 Å². The number of nitrogens with zero attached hydrogens (tertiary/aromatic N) is 3. The summed E-state index contributed by atoms with van der Waals surface area (Å²) in [7, 11) is -3.79. The van der Waals surface area contributed by atoms with Crippen LogP contribution in [0.15, 0.2) is 53.4 Å². The van der Waals surface area contributed by atoms with E-state index in [0.717, 1.165) is 0 Å². The number of hydrogen-bond donors (Lipinski definition) is 0. The van der Waals surface area contributed by atoms with Crippen molar-refractivity contribution in [1.82, 2.24) is 9.21 Å². The Hall–Kier alpha value is -2.60. The van der Waals surface area contributed by atoms with Crippen LogP contribution in [-0.2, 0) is 14.8 Å². The Morgan fingerprint density at radius 2 is 1.82 bits per heavy atom. The molecule has 0 aromatic heterocycles. The standard InChI is InChI=1S/C19H18ClN3O4S/c20-16-5-3-6-17(12-16)27-14-19(24)22-8-10-23(11-9-22)28(25,26)18-7-2-1-4-15(18)13-21/h1-7,12H,8-11,14H2. The lowest BCUT2D eigenvalue weighted by Gasteiger charge is -2.34. The maximum absolute atomic E-state index is 12.8. The number of piperazine rings is 1. The number of halogens is 1. The third-order valence-electron chi connectivity index (χ3n) is 4.38. The van der Waals surface area contributed by atoms with Crippen molar-refractivity contribution in [3.8, 4) is 11.8 Å². The van der Waals surface area contributed by atoms with Gasteiger partial charge in [-0.3, -0.25) is 4.79 Å². The molecule has 9 heteroatoms. The number of nitriles is 1. The minimum Gasteiger partial charge on any atom is -0.484 e. The Balaban J connectivity index is 1.59. The van der Waals surface area contributed by atoms with Gasteiger partial charge in [0.05, 0.1) is 10.5 Å². The van der Waals surface area contributed by atoms with Crippen LogP contribution in [0.2, 0.25) is 5.02 Å². The zero-order chi connectivity index (χ0) is 20.1. The van der Waals surface area contributed by atoms with E-state index < -0.39 is 10.0 Å². The van der Waals surface area contributed by atoms with Gasteiger partial charge in [0.25, 0.3) is 5.91 Å². The van der Waals surface area contributed by atoms with Crippen molar-refractivity contribution in [2.24, 2.45) is 0 Å². The highest BCUT2D eigenvalue weighted by Gasteiger charge is 2.31. The van der Waals surface area contributed by atoms with Crippen LogP contribution in [0.5, 0.6) is 5.75 Å². The van der Waals surface area contributed by atoms with E-state index in [-0.39, 0.29) is 49.2 Å². The van der Waals surface area contributed by atoms with Gasteiger partial charge in [0.15, 0.2) is 6.61 Å². The molecule has 1 saturated heterocycles. The fraction of sp³-hybridized carbons (Fsp3) is 0.263. The van der Waals surface area contributed by atoms with Crippen LogP contribution >= 0.6 is 11.6 Å². The molecule has 3 rings (SSSR count). The first-order valence-corrected chi connectivity index (χ1v) is 10.4. The Bertz CT molecular complexity index is 1010. The number of rotatable bonds is 5. The van der Waals surface area contributed by atoms with Crippen LogP contribution in [0.1, 0.15) is 5.56 Å². The molecule has 0 radical (unpaired) electrons. The lowest BCUT2D eigenvalue weighted by Crippen LogP contribution is -2.51. The molecule has 0 bridgehead atoms. The van der Waals surface area contributed by atoms with Gasteiger partial charge in [-0.1, -0.05) is 29.8 Å². The summed E-state index contributed by atoms with van der Waals surface area (Å²) in [6, 6.07) is 14.8. The molecular weight excluding hydrogens is 402 g/mol. The molecule has 0 atom stereocenters. The van der Waals surface area contributed by atoms with Gasteiger partial charge in [-0.2, -0.15) is 9.57 Å². The molecule has 28 heavy (non-hydrogen) atoms. The van der Waals surface area contributed by atoms with E-state index >= 15 is 0 Å². The molecule has 0 saturated carbocycles. The summed E-state index contributed by atoms with van der Waals surface area (Å²) in [5.74, 6) is 0.268. The number of amides is 1. The van der Waals surface area contributed by atoms with E-state index in [1.165, 1.54) is 16.4 Å². The SMILES string of the molecule is N#Cc1ccccc1S(=O)(=O)N1CCN(C(=O)COc2cccc(Cl)c2)CC1. The lowest BCUT2D eigenvalue weighted by molar-refractivity contribution is -0.134. The van der Waals surface area contributed by atoms with Gasteiger partial charge in [0.2, 0.25) is 10.0 Å². The molecule has 0 spiro atoms. The van der Waals surface area contributed by atoms with E-state index in [1.54, 1.807) is 41.3 Å². The zero-order valence-electron chi connectivity index (χ0n) is 14.9. The van der Waals surface area contributed by atoms with E-state index in [0.29, 0.717) is 10.8 Å². The summed E-state index contributed by atoms with van der Waals surface area (Å²) in [5, 5.41) is 9.67. The molecule has 1 amide bonds. The smallest absolute Gasteiger partial charge is 0.260 e. The molecule has 2 aromatic carbocycles. The molecule has 1 aliphatic rings. The van der Waals surface area contributed by atoms with Crippen molar-refractivity contribution in [1.29, 1.82) is 5.26 Å². The average molecular weight is 420 g/mol. The second-order valence-corrected chi connectivity index (χ2v) is 8.48. The molecule has 1 fully saturated rings. The zero-order valence-corrected chi connectivity index (χ0v) is 16.5. The van der Waals surface area contributed by atoms with E-state index in [9.17, 15) is 13.2 Å². The monoisotopic (exact) mass is 419 g/mol. The minimum absolute atomic E-state index is 0.0124. The van der Waals surface area contributed by atoms with Crippen LogP contribution in [0.4, 0.5) is 0 Å². The van der Waals surface area contributed by atoms with Gasteiger partial charge in [-0.25, -0.2) is 8.42 Å². The highest BCUT2D eigenvalue weighted by molar-refractivity contribution is 7.89. The largest absolute Gasteiger partial charge is 0.484 e. The van der Waals surface area contributed by atoms with Crippen molar-refractivity contribution in [2.45, 2.75) is 4.90 Å². The summed E-state index contributed by atoms with van der Waals surface area (Å²) >= 11 is 5.88. The van der Waals surface area contributed by atoms with Crippen molar-refractivity contribution < 1.29 is 17.9 Å². The number of carbonyl (C=O) groups is 1.